The van der Waals surface area contributed by atoms with E-state index < -0.39 is 5.60 Å². The van der Waals surface area contributed by atoms with Crippen molar-refractivity contribution < 1.29 is 14.4 Å². The fourth-order valence-corrected chi connectivity index (χ4v) is 3.02. The van der Waals surface area contributed by atoms with Crippen molar-refractivity contribution in [3.63, 3.8) is 0 Å². The van der Waals surface area contributed by atoms with Gasteiger partial charge in [0, 0.05) is 12.0 Å². The second-order valence-corrected chi connectivity index (χ2v) is 5.63. The predicted octanol–water partition coefficient (Wildman–Crippen LogP) is 1.50. The highest BCUT2D eigenvalue weighted by Crippen LogP contribution is 2.26. The Labute approximate surface area is 118 Å². The predicted molar refractivity (Wildman–Crippen MR) is 75.8 cm³/mol. The number of hydrogen-bond acceptors (Lipinski definition) is 1. The Morgan fingerprint density at radius 1 is 1.05 bits per heavy atom. The topological polar surface area (TPSA) is 24.7 Å². The van der Waals surface area contributed by atoms with Crippen LogP contribution in [0.4, 0.5) is 4.39 Å². The molecule has 104 valence electrons. The summed E-state index contributed by atoms with van der Waals surface area (Å²) in [6, 6.07) is 16.5. The molecule has 1 aliphatic rings. The molecule has 0 saturated carbocycles. The van der Waals surface area contributed by atoms with Crippen LogP contribution in [0.15, 0.2) is 54.6 Å². The molecule has 2 nitrogen and oxygen atoms in total. The second kappa shape index (κ2) is 5.35. The number of benzene rings is 2. The summed E-state index contributed by atoms with van der Waals surface area (Å²) < 4.78 is 13.0. The van der Waals surface area contributed by atoms with Crippen LogP contribution in [-0.2, 0) is 12.1 Å². The molecular formula is C17H19FNO+. The lowest BCUT2D eigenvalue weighted by Gasteiger charge is -2.21. The molecule has 0 amide bonds. The van der Waals surface area contributed by atoms with E-state index in [1.54, 1.807) is 12.1 Å². The molecule has 2 atom stereocenters. The summed E-state index contributed by atoms with van der Waals surface area (Å²) in [5.41, 5.74) is 1.28. The molecule has 0 radical (unpaired) electrons. The van der Waals surface area contributed by atoms with E-state index in [0.29, 0.717) is 6.54 Å². The summed E-state index contributed by atoms with van der Waals surface area (Å²) in [6.45, 7) is 2.53. The van der Waals surface area contributed by atoms with Gasteiger partial charge in [0.1, 0.15) is 24.5 Å². The van der Waals surface area contributed by atoms with E-state index in [2.05, 4.69) is 12.1 Å². The first kappa shape index (κ1) is 13.3. The summed E-state index contributed by atoms with van der Waals surface area (Å²) in [5.74, 6) is -0.260. The van der Waals surface area contributed by atoms with Crippen LogP contribution in [0.25, 0.3) is 0 Å². The molecule has 3 heteroatoms. The molecule has 0 aliphatic carbocycles. The van der Waals surface area contributed by atoms with Crippen LogP contribution in [0.3, 0.4) is 0 Å². The quantitative estimate of drug-likeness (QED) is 0.869. The van der Waals surface area contributed by atoms with Crippen molar-refractivity contribution in [2.45, 2.75) is 18.6 Å². The fraction of sp³-hybridized carbons (Fsp3) is 0.294. The van der Waals surface area contributed by atoms with E-state index in [-0.39, 0.29) is 5.82 Å². The van der Waals surface area contributed by atoms with Crippen LogP contribution in [0.1, 0.15) is 17.5 Å². The van der Waals surface area contributed by atoms with Gasteiger partial charge < -0.3 is 10.0 Å². The fourth-order valence-electron chi connectivity index (χ4n) is 3.02. The van der Waals surface area contributed by atoms with Gasteiger partial charge in [-0.2, -0.15) is 0 Å². The minimum Gasteiger partial charge on any atom is -0.379 e. The Morgan fingerprint density at radius 2 is 1.75 bits per heavy atom. The summed E-state index contributed by atoms with van der Waals surface area (Å²) in [4.78, 5) is 1.36. The van der Waals surface area contributed by atoms with E-state index in [1.807, 2.05) is 18.2 Å². The Bertz CT molecular complexity index is 569. The van der Waals surface area contributed by atoms with Crippen molar-refractivity contribution in [2.75, 3.05) is 13.1 Å². The summed E-state index contributed by atoms with van der Waals surface area (Å²) in [5, 5.41) is 10.8. The average Bonchev–Trinajstić information content (AvgIpc) is 2.83. The van der Waals surface area contributed by atoms with Crippen molar-refractivity contribution in [1.82, 2.24) is 0 Å². The molecule has 2 aromatic carbocycles. The van der Waals surface area contributed by atoms with Gasteiger partial charge >= 0.3 is 0 Å². The maximum absolute atomic E-state index is 13.0. The first-order chi connectivity index (χ1) is 9.66. The molecule has 2 aromatic rings. The number of quaternary nitrogens is 1. The third-order valence-electron chi connectivity index (χ3n) is 4.11. The molecule has 3 rings (SSSR count). The first-order valence-electron chi connectivity index (χ1n) is 7.02. The van der Waals surface area contributed by atoms with Gasteiger partial charge in [-0.05, 0) is 17.7 Å². The standard InChI is InChI=1S/C17H18FNO/c18-16-8-6-15(7-9-16)17(20)10-11-19(13-17)12-14-4-2-1-3-5-14/h1-9,20H,10-13H2/p+1/t17-/m0/s1. The SMILES string of the molecule is O[C@@]1(c2ccc(F)cc2)CC[NH+](Cc2ccccc2)C1. The van der Waals surface area contributed by atoms with Gasteiger partial charge in [-0.1, -0.05) is 42.5 Å². The van der Waals surface area contributed by atoms with Crippen molar-refractivity contribution >= 4 is 0 Å². The summed E-state index contributed by atoms with van der Waals surface area (Å²) in [7, 11) is 0. The van der Waals surface area contributed by atoms with E-state index >= 15 is 0 Å². The van der Waals surface area contributed by atoms with Gasteiger partial charge in [0.25, 0.3) is 0 Å². The number of nitrogens with one attached hydrogen (secondary N) is 1. The highest BCUT2D eigenvalue weighted by atomic mass is 19.1. The van der Waals surface area contributed by atoms with Crippen LogP contribution in [0.5, 0.6) is 0 Å². The summed E-state index contributed by atoms with van der Waals surface area (Å²) in [6.07, 6.45) is 0.723. The summed E-state index contributed by atoms with van der Waals surface area (Å²) >= 11 is 0. The molecule has 1 fully saturated rings. The molecule has 2 N–H and O–H groups in total. The molecular weight excluding hydrogens is 253 g/mol. The van der Waals surface area contributed by atoms with Crippen LogP contribution < -0.4 is 4.90 Å². The lowest BCUT2D eigenvalue weighted by Crippen LogP contribution is -3.09. The largest absolute Gasteiger partial charge is 0.379 e. The number of likely N-dealkylation sites (tertiary alicyclic amines) is 1. The molecule has 1 unspecified atom stereocenters. The Morgan fingerprint density at radius 3 is 2.45 bits per heavy atom. The highest BCUT2D eigenvalue weighted by Gasteiger charge is 2.40. The lowest BCUT2D eigenvalue weighted by molar-refractivity contribution is -0.904. The highest BCUT2D eigenvalue weighted by molar-refractivity contribution is 5.23. The van der Waals surface area contributed by atoms with E-state index in [0.717, 1.165) is 25.1 Å². The Balaban J connectivity index is 1.71. The van der Waals surface area contributed by atoms with Crippen LogP contribution in [0.2, 0.25) is 0 Å². The third-order valence-corrected chi connectivity index (χ3v) is 4.11. The molecule has 1 heterocycles. The third kappa shape index (κ3) is 2.74. The smallest absolute Gasteiger partial charge is 0.144 e. The van der Waals surface area contributed by atoms with Crippen molar-refractivity contribution in [3.05, 3.63) is 71.5 Å². The average molecular weight is 272 g/mol. The van der Waals surface area contributed by atoms with Gasteiger partial charge in [-0.25, -0.2) is 4.39 Å². The monoisotopic (exact) mass is 272 g/mol. The molecule has 1 saturated heterocycles. The minimum atomic E-state index is -0.822. The van der Waals surface area contributed by atoms with E-state index in [9.17, 15) is 9.50 Å². The van der Waals surface area contributed by atoms with Gasteiger partial charge in [0.2, 0.25) is 0 Å². The number of halogens is 1. The van der Waals surface area contributed by atoms with Crippen molar-refractivity contribution in [3.8, 4) is 0 Å². The van der Waals surface area contributed by atoms with Crippen molar-refractivity contribution in [2.24, 2.45) is 0 Å². The molecule has 0 bridgehead atoms. The first-order valence-corrected chi connectivity index (χ1v) is 7.02. The second-order valence-electron chi connectivity index (χ2n) is 5.63. The number of aliphatic hydroxyl groups is 1. The van der Waals surface area contributed by atoms with Crippen LogP contribution >= 0.6 is 0 Å². The van der Waals surface area contributed by atoms with E-state index in [1.165, 1.54) is 22.6 Å². The Hall–Kier alpha value is -1.71. The maximum Gasteiger partial charge on any atom is 0.144 e. The molecule has 20 heavy (non-hydrogen) atoms. The van der Waals surface area contributed by atoms with Crippen molar-refractivity contribution in [1.29, 1.82) is 0 Å². The zero-order valence-corrected chi connectivity index (χ0v) is 11.3. The van der Waals surface area contributed by atoms with Gasteiger partial charge in [0.05, 0.1) is 6.54 Å². The van der Waals surface area contributed by atoms with Crippen LogP contribution in [0, 0.1) is 5.82 Å². The maximum atomic E-state index is 13.0. The molecule has 0 spiro atoms. The molecule has 0 aromatic heterocycles. The van der Waals surface area contributed by atoms with Crippen LogP contribution in [-0.4, -0.2) is 18.2 Å². The Kier molecular flexibility index (Phi) is 3.55. The zero-order chi connectivity index (χ0) is 14.0. The zero-order valence-electron chi connectivity index (χ0n) is 11.3. The normalized spacial score (nSPS) is 25.8. The lowest BCUT2D eigenvalue weighted by atomic mass is 9.93. The van der Waals surface area contributed by atoms with Gasteiger partial charge in [0.15, 0.2) is 0 Å². The number of hydrogen-bond donors (Lipinski definition) is 2. The molecule has 1 aliphatic heterocycles. The number of rotatable bonds is 3. The minimum absolute atomic E-state index is 0.260. The van der Waals surface area contributed by atoms with Gasteiger partial charge in [-0.3, -0.25) is 0 Å². The van der Waals surface area contributed by atoms with Gasteiger partial charge in [-0.15, -0.1) is 0 Å². The van der Waals surface area contributed by atoms with E-state index in [4.69, 9.17) is 0 Å².